The number of rotatable bonds is 6. The Labute approximate surface area is 166 Å². The van der Waals surface area contributed by atoms with Gasteiger partial charge in [-0.25, -0.2) is 0 Å². The highest BCUT2D eigenvalue weighted by atomic mass is 16.5. The highest BCUT2D eigenvalue weighted by molar-refractivity contribution is 5.94. The second-order valence-electron chi connectivity index (χ2n) is 7.39. The van der Waals surface area contributed by atoms with Gasteiger partial charge < -0.3 is 14.5 Å². The number of benzene rings is 2. The normalized spacial score (nSPS) is 13.2. The first kappa shape index (κ1) is 19.9. The third-order valence-electron chi connectivity index (χ3n) is 4.93. The van der Waals surface area contributed by atoms with Crippen molar-refractivity contribution in [2.75, 3.05) is 18.0 Å². The van der Waals surface area contributed by atoms with E-state index >= 15 is 0 Å². The number of hydrogen-bond acceptors (Lipinski definition) is 3. The highest BCUT2D eigenvalue weighted by Gasteiger charge is 2.23. The van der Waals surface area contributed by atoms with E-state index in [0.29, 0.717) is 24.5 Å². The van der Waals surface area contributed by atoms with Crippen LogP contribution < -0.4 is 9.64 Å². The number of anilines is 1. The molecule has 2 aromatic rings. The monoisotopic (exact) mass is 380 g/mol. The number of ether oxygens (including phenoxy) is 1. The predicted octanol–water partition coefficient (Wildman–Crippen LogP) is 3.80. The molecule has 0 unspecified atom stereocenters. The molecule has 0 bridgehead atoms. The summed E-state index contributed by atoms with van der Waals surface area (Å²) in [6.07, 6.45) is 1.17. The minimum atomic E-state index is -0.100. The van der Waals surface area contributed by atoms with Crippen LogP contribution in [0, 0.1) is 0 Å². The Kier molecular flexibility index (Phi) is 6.34. The first-order valence-electron chi connectivity index (χ1n) is 9.84. The molecule has 2 amide bonds. The zero-order chi connectivity index (χ0) is 20.1. The average Bonchev–Trinajstić information content (AvgIpc) is 2.68. The van der Waals surface area contributed by atoms with Gasteiger partial charge in [0.2, 0.25) is 11.8 Å². The average molecular weight is 380 g/mol. The van der Waals surface area contributed by atoms with Gasteiger partial charge in [0.25, 0.3) is 0 Å². The van der Waals surface area contributed by atoms with Crippen molar-refractivity contribution in [3.63, 3.8) is 0 Å². The van der Waals surface area contributed by atoms with Crippen LogP contribution in [0.2, 0.25) is 0 Å². The molecule has 28 heavy (non-hydrogen) atoms. The van der Waals surface area contributed by atoms with Crippen LogP contribution in [0.15, 0.2) is 48.5 Å². The molecular formula is C23H28N2O3. The first-order chi connectivity index (χ1) is 13.5. The molecule has 5 heteroatoms. The lowest BCUT2D eigenvalue weighted by Gasteiger charge is -2.30. The quantitative estimate of drug-likeness (QED) is 0.766. The van der Waals surface area contributed by atoms with Crippen molar-refractivity contribution in [2.45, 2.75) is 46.3 Å². The summed E-state index contributed by atoms with van der Waals surface area (Å²) in [5.41, 5.74) is 3.23. The number of carbonyl (C=O) groups excluding carboxylic acids is 2. The van der Waals surface area contributed by atoms with Gasteiger partial charge in [-0.1, -0.05) is 36.4 Å². The number of nitrogens with zero attached hydrogens (tertiary/aromatic N) is 2. The maximum Gasteiger partial charge on any atom is 0.224 e. The summed E-state index contributed by atoms with van der Waals surface area (Å²) in [6, 6.07) is 15.7. The SMILES string of the molecule is CC(=O)N(CCC(=O)N1CCc2ccccc2C1)c1ccccc1OC(C)C. The van der Waals surface area contributed by atoms with E-state index in [2.05, 4.69) is 12.1 Å². The lowest BCUT2D eigenvalue weighted by atomic mass is 10.00. The molecule has 148 valence electrons. The van der Waals surface area contributed by atoms with Crippen molar-refractivity contribution in [3.8, 4) is 5.75 Å². The Balaban J connectivity index is 1.68. The maximum atomic E-state index is 12.8. The molecule has 3 rings (SSSR count). The molecule has 0 spiro atoms. The van der Waals surface area contributed by atoms with Crippen molar-refractivity contribution in [1.29, 1.82) is 0 Å². The standard InChI is InChI=1S/C23H28N2O3/c1-17(2)28-22-11-7-6-10-21(22)25(18(3)26)15-13-23(27)24-14-12-19-8-4-5-9-20(19)16-24/h4-11,17H,12-16H2,1-3H3. The summed E-state index contributed by atoms with van der Waals surface area (Å²) in [6.45, 7) is 7.13. The summed E-state index contributed by atoms with van der Waals surface area (Å²) >= 11 is 0. The summed E-state index contributed by atoms with van der Waals surface area (Å²) in [5.74, 6) is 0.631. The molecule has 5 nitrogen and oxygen atoms in total. The predicted molar refractivity (Wildman–Crippen MR) is 110 cm³/mol. The van der Waals surface area contributed by atoms with Gasteiger partial charge in [-0.05, 0) is 43.5 Å². The topological polar surface area (TPSA) is 49.9 Å². The minimum absolute atomic E-state index is 0.00464. The molecule has 2 aromatic carbocycles. The van der Waals surface area contributed by atoms with Crippen molar-refractivity contribution in [2.24, 2.45) is 0 Å². The van der Waals surface area contributed by atoms with Crippen LogP contribution >= 0.6 is 0 Å². The van der Waals surface area contributed by atoms with Gasteiger partial charge in [0.15, 0.2) is 0 Å². The van der Waals surface area contributed by atoms with Crippen molar-refractivity contribution in [1.82, 2.24) is 4.90 Å². The fourth-order valence-corrected chi connectivity index (χ4v) is 3.56. The van der Waals surface area contributed by atoms with Crippen molar-refractivity contribution >= 4 is 17.5 Å². The van der Waals surface area contributed by atoms with Crippen LogP contribution in [0.1, 0.15) is 38.3 Å². The number of fused-ring (bicyclic) bond motifs is 1. The number of hydrogen-bond donors (Lipinski definition) is 0. The Bertz CT molecular complexity index is 847. The lowest BCUT2D eigenvalue weighted by molar-refractivity contribution is -0.131. The van der Waals surface area contributed by atoms with Gasteiger partial charge in [0.1, 0.15) is 5.75 Å². The van der Waals surface area contributed by atoms with E-state index in [9.17, 15) is 9.59 Å². The van der Waals surface area contributed by atoms with E-state index in [4.69, 9.17) is 4.74 Å². The zero-order valence-electron chi connectivity index (χ0n) is 16.9. The first-order valence-corrected chi connectivity index (χ1v) is 9.84. The Morgan fingerprint density at radius 2 is 1.75 bits per heavy atom. The molecule has 0 radical (unpaired) electrons. The molecule has 1 aliphatic heterocycles. The van der Waals surface area contributed by atoms with E-state index in [1.807, 2.05) is 55.1 Å². The van der Waals surface area contributed by atoms with Gasteiger partial charge in [-0.15, -0.1) is 0 Å². The van der Waals surface area contributed by atoms with Gasteiger partial charge in [0.05, 0.1) is 11.8 Å². The molecular weight excluding hydrogens is 352 g/mol. The number of carbonyl (C=O) groups is 2. The summed E-state index contributed by atoms with van der Waals surface area (Å²) in [5, 5.41) is 0. The van der Waals surface area contributed by atoms with Crippen LogP contribution in [0.5, 0.6) is 5.75 Å². The van der Waals surface area contributed by atoms with Crippen LogP contribution in [-0.2, 0) is 22.6 Å². The largest absolute Gasteiger partial charge is 0.489 e. The molecule has 0 fully saturated rings. The molecule has 1 heterocycles. The lowest BCUT2D eigenvalue weighted by Crippen LogP contribution is -2.39. The molecule has 0 aromatic heterocycles. The fraction of sp³-hybridized carbons (Fsp3) is 0.391. The van der Waals surface area contributed by atoms with E-state index in [0.717, 1.165) is 13.0 Å². The third kappa shape index (κ3) is 4.71. The van der Waals surface area contributed by atoms with Crippen molar-refractivity contribution in [3.05, 3.63) is 59.7 Å². The molecule has 0 atom stereocenters. The fourth-order valence-electron chi connectivity index (χ4n) is 3.56. The van der Waals surface area contributed by atoms with Crippen LogP contribution in [-0.4, -0.2) is 35.9 Å². The Morgan fingerprint density at radius 3 is 2.46 bits per heavy atom. The number of para-hydroxylation sites is 2. The van der Waals surface area contributed by atoms with Gasteiger partial charge in [0, 0.05) is 33.0 Å². The summed E-state index contributed by atoms with van der Waals surface area (Å²) < 4.78 is 5.85. The third-order valence-corrected chi connectivity index (χ3v) is 4.93. The van der Waals surface area contributed by atoms with Crippen LogP contribution in [0.3, 0.4) is 0 Å². The van der Waals surface area contributed by atoms with E-state index in [-0.39, 0.29) is 24.3 Å². The van der Waals surface area contributed by atoms with Gasteiger partial charge in [-0.2, -0.15) is 0 Å². The van der Waals surface area contributed by atoms with E-state index in [1.54, 1.807) is 4.90 Å². The van der Waals surface area contributed by atoms with Gasteiger partial charge in [-0.3, -0.25) is 9.59 Å². The smallest absolute Gasteiger partial charge is 0.224 e. The summed E-state index contributed by atoms with van der Waals surface area (Å²) in [7, 11) is 0. The van der Waals surface area contributed by atoms with Crippen LogP contribution in [0.4, 0.5) is 5.69 Å². The second kappa shape index (κ2) is 8.91. The minimum Gasteiger partial charge on any atom is -0.489 e. The van der Waals surface area contributed by atoms with E-state index in [1.165, 1.54) is 18.1 Å². The summed E-state index contributed by atoms with van der Waals surface area (Å²) in [4.78, 5) is 28.6. The zero-order valence-corrected chi connectivity index (χ0v) is 16.9. The Morgan fingerprint density at radius 1 is 1.07 bits per heavy atom. The number of amides is 2. The second-order valence-corrected chi connectivity index (χ2v) is 7.39. The van der Waals surface area contributed by atoms with Crippen LogP contribution in [0.25, 0.3) is 0 Å². The van der Waals surface area contributed by atoms with Crippen molar-refractivity contribution < 1.29 is 14.3 Å². The molecule has 0 aliphatic carbocycles. The van der Waals surface area contributed by atoms with E-state index < -0.39 is 0 Å². The molecule has 0 saturated carbocycles. The molecule has 0 N–H and O–H groups in total. The highest BCUT2D eigenvalue weighted by Crippen LogP contribution is 2.29. The Hall–Kier alpha value is -2.82. The maximum absolute atomic E-state index is 12.8. The molecule has 1 aliphatic rings. The van der Waals surface area contributed by atoms with Gasteiger partial charge >= 0.3 is 0 Å². The molecule has 0 saturated heterocycles.